The van der Waals surface area contributed by atoms with Gasteiger partial charge in [-0.3, -0.25) is 0 Å². The van der Waals surface area contributed by atoms with Gasteiger partial charge in [-0.1, -0.05) is 12.1 Å². The van der Waals surface area contributed by atoms with E-state index in [-0.39, 0.29) is 18.1 Å². The lowest BCUT2D eigenvalue weighted by Gasteiger charge is -2.09. The minimum absolute atomic E-state index is 0.188. The molecule has 0 N–H and O–H groups in total. The molecular weight excluding hydrogens is 337 g/mol. The molecule has 8 heteroatoms. The minimum Gasteiger partial charge on any atom is -0.461 e. The Morgan fingerprint density at radius 1 is 1.08 bits per heavy atom. The maximum absolute atomic E-state index is 12.2. The third-order valence-electron chi connectivity index (χ3n) is 3.36. The molecule has 0 saturated heterocycles. The lowest BCUT2D eigenvalue weighted by atomic mass is 10.1. The lowest BCUT2D eigenvalue weighted by Crippen LogP contribution is -2.16. The normalized spacial score (nSPS) is 11.5. The Morgan fingerprint density at radius 3 is 2.40 bits per heavy atom. The van der Waals surface area contributed by atoms with Crippen molar-refractivity contribution in [2.45, 2.75) is 13.3 Å². The van der Waals surface area contributed by atoms with Gasteiger partial charge in [0.25, 0.3) is 0 Å². The molecule has 3 aromatic rings. The monoisotopic (exact) mass is 350 g/mol. The van der Waals surface area contributed by atoms with Crippen molar-refractivity contribution >= 4 is 11.6 Å². The van der Waals surface area contributed by atoms with Crippen molar-refractivity contribution < 1.29 is 27.4 Å². The number of halogens is 3. The van der Waals surface area contributed by atoms with Crippen molar-refractivity contribution in [1.82, 2.24) is 9.38 Å². The van der Waals surface area contributed by atoms with Crippen LogP contribution in [0.4, 0.5) is 13.2 Å². The highest BCUT2D eigenvalue weighted by Gasteiger charge is 2.30. The number of nitrogens with zero attached hydrogens (tertiary/aromatic N) is 2. The summed E-state index contributed by atoms with van der Waals surface area (Å²) in [7, 11) is 0. The van der Waals surface area contributed by atoms with Gasteiger partial charge >= 0.3 is 12.3 Å². The summed E-state index contributed by atoms with van der Waals surface area (Å²) in [4.78, 5) is 15.9. The van der Waals surface area contributed by atoms with Crippen LogP contribution in [0.5, 0.6) is 5.75 Å². The molecule has 1 aromatic carbocycles. The van der Waals surface area contributed by atoms with E-state index in [4.69, 9.17) is 4.74 Å². The summed E-state index contributed by atoms with van der Waals surface area (Å²) in [5.41, 5.74) is 2.19. The van der Waals surface area contributed by atoms with Gasteiger partial charge in [0.15, 0.2) is 5.69 Å². The van der Waals surface area contributed by atoms with E-state index in [2.05, 4.69) is 9.72 Å². The number of hydrogen-bond donors (Lipinski definition) is 0. The number of alkyl halides is 3. The van der Waals surface area contributed by atoms with E-state index in [1.807, 2.05) is 0 Å². The van der Waals surface area contributed by atoms with Gasteiger partial charge in [0.1, 0.15) is 11.4 Å². The van der Waals surface area contributed by atoms with Crippen molar-refractivity contribution in [3.05, 3.63) is 54.5 Å². The Hall–Kier alpha value is -3.03. The van der Waals surface area contributed by atoms with E-state index in [0.29, 0.717) is 11.2 Å². The second-order valence-corrected chi connectivity index (χ2v) is 5.10. The lowest BCUT2D eigenvalue weighted by molar-refractivity contribution is -0.274. The third-order valence-corrected chi connectivity index (χ3v) is 3.36. The van der Waals surface area contributed by atoms with Crippen LogP contribution in [-0.4, -0.2) is 28.3 Å². The fourth-order valence-electron chi connectivity index (χ4n) is 2.32. The van der Waals surface area contributed by atoms with Crippen molar-refractivity contribution in [1.29, 1.82) is 0 Å². The molecule has 0 radical (unpaired) electrons. The van der Waals surface area contributed by atoms with Gasteiger partial charge in [-0.05, 0) is 42.3 Å². The van der Waals surface area contributed by atoms with E-state index in [1.165, 1.54) is 30.5 Å². The maximum atomic E-state index is 12.2. The van der Waals surface area contributed by atoms with Crippen LogP contribution in [-0.2, 0) is 4.74 Å². The molecule has 25 heavy (non-hydrogen) atoms. The van der Waals surface area contributed by atoms with Gasteiger partial charge in [-0.2, -0.15) is 0 Å². The predicted molar refractivity (Wildman–Crippen MR) is 83.3 cm³/mol. The predicted octanol–water partition coefficient (Wildman–Crippen LogP) is 4.08. The summed E-state index contributed by atoms with van der Waals surface area (Å²) in [6.45, 7) is 1.96. The molecule has 2 aromatic heterocycles. The van der Waals surface area contributed by atoms with Gasteiger partial charge in [-0.25, -0.2) is 9.78 Å². The van der Waals surface area contributed by atoms with E-state index in [1.54, 1.807) is 29.7 Å². The fourth-order valence-corrected chi connectivity index (χ4v) is 2.32. The van der Waals surface area contributed by atoms with Crippen molar-refractivity contribution in [2.75, 3.05) is 6.61 Å². The van der Waals surface area contributed by atoms with Crippen LogP contribution in [0.3, 0.4) is 0 Å². The second-order valence-electron chi connectivity index (χ2n) is 5.10. The Bertz CT molecular complexity index is 902. The van der Waals surface area contributed by atoms with Crippen LogP contribution in [0.25, 0.3) is 16.8 Å². The van der Waals surface area contributed by atoms with E-state index in [9.17, 15) is 18.0 Å². The van der Waals surface area contributed by atoms with Crippen LogP contribution in [0, 0.1) is 0 Å². The number of aromatic nitrogens is 2. The summed E-state index contributed by atoms with van der Waals surface area (Å²) in [6, 6.07) is 8.99. The number of ether oxygens (including phenoxy) is 2. The van der Waals surface area contributed by atoms with Crippen molar-refractivity contribution in [2.24, 2.45) is 0 Å². The maximum Gasteiger partial charge on any atom is 0.573 e. The number of esters is 1. The van der Waals surface area contributed by atoms with Gasteiger partial charge in [0, 0.05) is 12.4 Å². The Labute approximate surface area is 140 Å². The molecule has 0 saturated carbocycles. The quantitative estimate of drug-likeness (QED) is 0.666. The second kappa shape index (κ2) is 6.46. The number of carbonyl (C=O) groups excluding carboxylic acids is 1. The number of benzene rings is 1. The summed E-state index contributed by atoms with van der Waals surface area (Å²) in [5.74, 6) is -0.800. The zero-order valence-electron chi connectivity index (χ0n) is 13.1. The Balaban J connectivity index is 1.87. The molecule has 0 amide bonds. The first-order valence-corrected chi connectivity index (χ1v) is 7.38. The van der Waals surface area contributed by atoms with E-state index < -0.39 is 12.3 Å². The Kier molecular flexibility index (Phi) is 4.35. The largest absolute Gasteiger partial charge is 0.573 e. The van der Waals surface area contributed by atoms with E-state index >= 15 is 0 Å². The number of hydrogen-bond acceptors (Lipinski definition) is 4. The highest BCUT2D eigenvalue weighted by atomic mass is 19.4. The van der Waals surface area contributed by atoms with Crippen LogP contribution in [0.1, 0.15) is 17.4 Å². The van der Waals surface area contributed by atoms with Crippen molar-refractivity contribution in [3.63, 3.8) is 0 Å². The summed E-state index contributed by atoms with van der Waals surface area (Å²) >= 11 is 0. The molecule has 0 atom stereocenters. The highest BCUT2D eigenvalue weighted by molar-refractivity contribution is 5.88. The molecule has 0 aliphatic carbocycles. The first-order valence-electron chi connectivity index (χ1n) is 7.38. The van der Waals surface area contributed by atoms with Gasteiger partial charge < -0.3 is 13.9 Å². The SMILES string of the molecule is CCOC(=O)c1cn2cc(-c3ccc(OC(F)(F)F)cc3)ccc2n1. The molecule has 0 spiro atoms. The fraction of sp³-hybridized carbons (Fsp3) is 0.176. The van der Waals surface area contributed by atoms with Crippen LogP contribution >= 0.6 is 0 Å². The Morgan fingerprint density at radius 2 is 1.76 bits per heavy atom. The molecule has 0 aliphatic rings. The molecule has 130 valence electrons. The topological polar surface area (TPSA) is 52.8 Å². The number of carbonyl (C=O) groups is 1. The third kappa shape index (κ3) is 3.90. The number of fused-ring (bicyclic) bond motifs is 1. The van der Waals surface area contributed by atoms with Crippen LogP contribution in [0.2, 0.25) is 0 Å². The molecule has 0 bridgehead atoms. The number of imidazole rings is 1. The van der Waals surface area contributed by atoms with Crippen LogP contribution < -0.4 is 4.74 Å². The molecule has 0 aliphatic heterocycles. The first kappa shape index (κ1) is 16.8. The average molecular weight is 350 g/mol. The molecule has 5 nitrogen and oxygen atoms in total. The smallest absolute Gasteiger partial charge is 0.461 e. The van der Waals surface area contributed by atoms with Crippen LogP contribution in [0.15, 0.2) is 48.8 Å². The molecule has 3 rings (SSSR count). The summed E-state index contributed by atoms with van der Waals surface area (Å²) < 4.78 is 47.0. The zero-order chi connectivity index (χ0) is 18.0. The van der Waals surface area contributed by atoms with Crippen molar-refractivity contribution in [3.8, 4) is 16.9 Å². The first-order chi connectivity index (χ1) is 11.9. The average Bonchev–Trinajstić information content (AvgIpc) is 2.97. The van der Waals surface area contributed by atoms with Gasteiger partial charge in [-0.15, -0.1) is 13.2 Å². The minimum atomic E-state index is -4.72. The van der Waals surface area contributed by atoms with E-state index in [0.717, 1.165) is 5.56 Å². The molecular formula is C17H13F3N2O3. The van der Waals surface area contributed by atoms with Gasteiger partial charge in [0.05, 0.1) is 6.61 Å². The zero-order valence-corrected chi connectivity index (χ0v) is 13.1. The van der Waals surface area contributed by atoms with Gasteiger partial charge in [0.2, 0.25) is 0 Å². The standard InChI is InChI=1S/C17H13F3N2O3/c1-2-24-16(23)14-10-22-9-12(5-8-15(22)21-14)11-3-6-13(7-4-11)25-17(18,19)20/h3-10H,2H2,1H3. The summed E-state index contributed by atoms with van der Waals surface area (Å²) in [5, 5.41) is 0. The summed E-state index contributed by atoms with van der Waals surface area (Å²) in [6.07, 6.45) is -1.45. The highest BCUT2D eigenvalue weighted by Crippen LogP contribution is 2.26. The number of pyridine rings is 1. The molecule has 0 unspecified atom stereocenters. The molecule has 2 heterocycles. The molecule has 0 fully saturated rings. The number of rotatable bonds is 4.